The Kier molecular flexibility index (Phi) is 6.67. The maximum absolute atomic E-state index is 13.4. The summed E-state index contributed by atoms with van der Waals surface area (Å²) in [6, 6.07) is 19.0. The fourth-order valence-electron chi connectivity index (χ4n) is 4.30. The highest BCUT2D eigenvalue weighted by Crippen LogP contribution is 2.44. The summed E-state index contributed by atoms with van der Waals surface area (Å²) in [7, 11) is 1.58. The molecule has 0 aliphatic carbocycles. The van der Waals surface area contributed by atoms with Crippen LogP contribution in [0.15, 0.2) is 72.3 Å². The van der Waals surface area contributed by atoms with Crippen LogP contribution in [0.2, 0.25) is 0 Å². The van der Waals surface area contributed by atoms with Gasteiger partial charge in [-0.15, -0.1) is 0 Å². The SMILES string of the molecule is CCCOc1ccc(C2/C(=C(\O)c3ccc(C)cc3)C(=O)C(=O)N2c2nc3ccc(OC)cc3s2)cc1. The highest BCUT2D eigenvalue weighted by molar-refractivity contribution is 7.22. The van der Waals surface area contributed by atoms with Crippen molar-refractivity contribution in [1.29, 1.82) is 0 Å². The van der Waals surface area contributed by atoms with E-state index in [9.17, 15) is 14.7 Å². The van der Waals surface area contributed by atoms with Crippen LogP contribution in [0.1, 0.15) is 36.1 Å². The minimum Gasteiger partial charge on any atom is -0.507 e. The van der Waals surface area contributed by atoms with Gasteiger partial charge in [-0.05, 0) is 49.2 Å². The molecule has 1 aliphatic rings. The summed E-state index contributed by atoms with van der Waals surface area (Å²) in [5, 5.41) is 11.7. The van der Waals surface area contributed by atoms with Crippen LogP contribution in [0.25, 0.3) is 16.0 Å². The van der Waals surface area contributed by atoms with Gasteiger partial charge < -0.3 is 14.6 Å². The highest BCUT2D eigenvalue weighted by Gasteiger charge is 2.48. The average Bonchev–Trinajstić information content (AvgIpc) is 3.45. The summed E-state index contributed by atoms with van der Waals surface area (Å²) in [6.07, 6.45) is 0.876. The second-order valence-electron chi connectivity index (χ2n) is 8.78. The summed E-state index contributed by atoms with van der Waals surface area (Å²) in [4.78, 5) is 32.9. The number of nitrogens with zero attached hydrogens (tertiary/aromatic N) is 2. The lowest BCUT2D eigenvalue weighted by molar-refractivity contribution is -0.132. The Hall–Kier alpha value is -4.17. The number of hydrogen-bond acceptors (Lipinski definition) is 7. The molecule has 37 heavy (non-hydrogen) atoms. The zero-order chi connectivity index (χ0) is 26.1. The van der Waals surface area contributed by atoms with Gasteiger partial charge in [0.1, 0.15) is 17.3 Å². The van der Waals surface area contributed by atoms with E-state index >= 15 is 0 Å². The van der Waals surface area contributed by atoms with Crippen molar-refractivity contribution in [3.05, 3.63) is 89.0 Å². The van der Waals surface area contributed by atoms with Crippen molar-refractivity contribution in [3.63, 3.8) is 0 Å². The Morgan fingerprint density at radius 2 is 1.73 bits per heavy atom. The molecule has 5 rings (SSSR count). The summed E-state index contributed by atoms with van der Waals surface area (Å²) in [5.41, 5.74) is 2.84. The molecule has 188 valence electrons. The number of benzene rings is 3. The van der Waals surface area contributed by atoms with E-state index in [0.717, 1.165) is 16.7 Å². The summed E-state index contributed by atoms with van der Waals surface area (Å²) < 4.78 is 11.9. The molecular formula is C29H26N2O5S. The number of Topliss-reactive ketones (excluding diaryl/α,β-unsaturated/α-hetero) is 1. The molecule has 1 fully saturated rings. The molecule has 1 saturated heterocycles. The average molecular weight is 515 g/mol. The first kappa shape index (κ1) is 24.5. The van der Waals surface area contributed by atoms with Gasteiger partial charge in [0.15, 0.2) is 5.13 Å². The second kappa shape index (κ2) is 10.1. The molecule has 1 N–H and O–H groups in total. The molecule has 1 aliphatic heterocycles. The number of fused-ring (bicyclic) bond motifs is 1. The van der Waals surface area contributed by atoms with E-state index in [2.05, 4.69) is 4.98 Å². The van der Waals surface area contributed by atoms with Crippen molar-refractivity contribution in [2.24, 2.45) is 0 Å². The number of ether oxygens (including phenoxy) is 2. The number of ketones is 1. The van der Waals surface area contributed by atoms with Gasteiger partial charge in [0.25, 0.3) is 5.78 Å². The Morgan fingerprint density at radius 1 is 1.03 bits per heavy atom. The number of aliphatic hydroxyl groups excluding tert-OH is 1. The normalized spacial score (nSPS) is 16.9. The molecule has 3 aromatic carbocycles. The molecule has 8 heteroatoms. The van der Waals surface area contributed by atoms with Gasteiger partial charge in [0.2, 0.25) is 0 Å². The van der Waals surface area contributed by atoms with Gasteiger partial charge in [-0.2, -0.15) is 0 Å². The minimum absolute atomic E-state index is 0.0212. The van der Waals surface area contributed by atoms with Gasteiger partial charge in [-0.3, -0.25) is 14.5 Å². The van der Waals surface area contributed by atoms with E-state index in [1.165, 1.54) is 16.2 Å². The van der Waals surface area contributed by atoms with Crippen LogP contribution >= 0.6 is 11.3 Å². The number of carbonyl (C=O) groups excluding carboxylic acids is 2. The van der Waals surface area contributed by atoms with E-state index in [1.54, 1.807) is 37.4 Å². The Balaban J connectivity index is 1.66. The molecule has 1 atom stereocenters. The number of aromatic nitrogens is 1. The topological polar surface area (TPSA) is 89.0 Å². The molecule has 7 nitrogen and oxygen atoms in total. The number of rotatable bonds is 7. The quantitative estimate of drug-likeness (QED) is 0.184. The van der Waals surface area contributed by atoms with E-state index in [1.807, 2.05) is 50.2 Å². The van der Waals surface area contributed by atoms with Gasteiger partial charge in [0.05, 0.1) is 35.5 Å². The fourth-order valence-corrected chi connectivity index (χ4v) is 5.32. The van der Waals surface area contributed by atoms with Crippen molar-refractivity contribution < 1.29 is 24.2 Å². The number of amides is 1. The van der Waals surface area contributed by atoms with Crippen molar-refractivity contribution in [3.8, 4) is 11.5 Å². The predicted molar refractivity (Wildman–Crippen MR) is 144 cm³/mol. The monoisotopic (exact) mass is 514 g/mol. The Morgan fingerprint density at radius 3 is 2.41 bits per heavy atom. The number of aryl methyl sites for hydroxylation is 1. The van der Waals surface area contributed by atoms with Crippen LogP contribution in [0.4, 0.5) is 5.13 Å². The van der Waals surface area contributed by atoms with Gasteiger partial charge >= 0.3 is 5.91 Å². The molecule has 1 unspecified atom stereocenters. The third-order valence-electron chi connectivity index (χ3n) is 6.23. The zero-order valence-corrected chi connectivity index (χ0v) is 21.5. The molecule has 2 heterocycles. The third-order valence-corrected chi connectivity index (χ3v) is 7.25. The molecule has 0 radical (unpaired) electrons. The first-order valence-electron chi connectivity index (χ1n) is 12.0. The molecule has 1 aromatic heterocycles. The number of carbonyl (C=O) groups is 2. The Labute approximate surface area is 218 Å². The summed E-state index contributed by atoms with van der Waals surface area (Å²) in [5.74, 6) is -0.362. The number of anilines is 1. The number of thiazole rings is 1. The number of methoxy groups -OCH3 is 1. The van der Waals surface area contributed by atoms with Crippen molar-refractivity contribution >= 4 is 44.1 Å². The fraction of sp³-hybridized carbons (Fsp3) is 0.207. The lowest BCUT2D eigenvalue weighted by atomic mass is 9.95. The molecule has 4 aromatic rings. The van der Waals surface area contributed by atoms with Crippen molar-refractivity contribution in [2.75, 3.05) is 18.6 Å². The van der Waals surface area contributed by atoms with Crippen LogP contribution in [0, 0.1) is 6.92 Å². The molecule has 0 saturated carbocycles. The maximum atomic E-state index is 13.4. The summed E-state index contributed by atoms with van der Waals surface area (Å²) in [6.45, 7) is 4.55. The van der Waals surface area contributed by atoms with Crippen molar-refractivity contribution in [1.82, 2.24) is 4.98 Å². The van der Waals surface area contributed by atoms with E-state index in [4.69, 9.17) is 9.47 Å². The van der Waals surface area contributed by atoms with Crippen LogP contribution < -0.4 is 14.4 Å². The maximum Gasteiger partial charge on any atom is 0.301 e. The number of hydrogen-bond donors (Lipinski definition) is 1. The second-order valence-corrected chi connectivity index (χ2v) is 9.79. The molecule has 1 amide bonds. The Bertz CT molecular complexity index is 1510. The zero-order valence-electron chi connectivity index (χ0n) is 20.7. The third kappa shape index (κ3) is 4.56. The predicted octanol–water partition coefficient (Wildman–Crippen LogP) is 6.03. The smallest absolute Gasteiger partial charge is 0.301 e. The standard InChI is InChI=1S/C29H26N2O5S/c1-4-15-36-20-11-9-18(10-12-20)25-24(26(32)19-7-5-17(2)6-8-19)27(33)28(34)31(25)29-30-22-14-13-21(35-3)16-23(22)37-29/h5-14,16,25,32H,4,15H2,1-3H3/b26-24+. The first-order valence-corrected chi connectivity index (χ1v) is 12.8. The first-order chi connectivity index (χ1) is 17.9. The molecular weight excluding hydrogens is 488 g/mol. The van der Waals surface area contributed by atoms with Gasteiger partial charge in [0, 0.05) is 5.56 Å². The van der Waals surface area contributed by atoms with Crippen LogP contribution in [0.3, 0.4) is 0 Å². The van der Waals surface area contributed by atoms with E-state index in [-0.39, 0.29) is 11.3 Å². The van der Waals surface area contributed by atoms with E-state index in [0.29, 0.717) is 39.9 Å². The molecule has 0 bridgehead atoms. The molecule has 0 spiro atoms. The number of aliphatic hydroxyl groups is 1. The largest absolute Gasteiger partial charge is 0.507 e. The van der Waals surface area contributed by atoms with Gasteiger partial charge in [-0.25, -0.2) is 4.98 Å². The van der Waals surface area contributed by atoms with E-state index < -0.39 is 17.7 Å². The van der Waals surface area contributed by atoms with Crippen molar-refractivity contribution in [2.45, 2.75) is 26.3 Å². The van der Waals surface area contributed by atoms with Crippen LogP contribution in [0.5, 0.6) is 11.5 Å². The minimum atomic E-state index is -0.857. The lowest BCUT2D eigenvalue weighted by Gasteiger charge is -2.23. The van der Waals surface area contributed by atoms with Crippen LogP contribution in [-0.2, 0) is 9.59 Å². The highest BCUT2D eigenvalue weighted by atomic mass is 32.1. The van der Waals surface area contributed by atoms with Crippen LogP contribution in [-0.4, -0.2) is 35.5 Å². The lowest BCUT2D eigenvalue weighted by Crippen LogP contribution is -2.29. The van der Waals surface area contributed by atoms with Gasteiger partial charge in [-0.1, -0.05) is 60.2 Å². The summed E-state index contributed by atoms with van der Waals surface area (Å²) >= 11 is 1.29.